The van der Waals surface area contributed by atoms with E-state index in [4.69, 9.17) is 11.6 Å². The van der Waals surface area contributed by atoms with Crippen LogP contribution in [0.1, 0.15) is 24.1 Å². The molecule has 3 aromatic rings. The number of carbonyl (C=O) groups is 1. The summed E-state index contributed by atoms with van der Waals surface area (Å²) in [6.45, 7) is 1.76. The smallest absolute Gasteiger partial charge is 0.243 e. The molecule has 0 radical (unpaired) electrons. The van der Waals surface area contributed by atoms with Gasteiger partial charge in [-0.15, -0.1) is 0 Å². The lowest BCUT2D eigenvalue weighted by molar-refractivity contribution is -0.121. The minimum Gasteiger partial charge on any atom is -0.348 e. The number of nitrogens with one attached hydrogen (secondary N) is 1. The number of halogens is 2. The van der Waals surface area contributed by atoms with Crippen LogP contribution in [0.3, 0.4) is 0 Å². The van der Waals surface area contributed by atoms with E-state index >= 15 is 0 Å². The quantitative estimate of drug-likeness (QED) is 0.409. The van der Waals surface area contributed by atoms with Crippen LogP contribution < -0.4 is 5.32 Å². The molecule has 1 atom stereocenters. The first-order valence-electron chi connectivity index (χ1n) is 10.1. The second kappa shape index (κ2) is 11.1. The largest absolute Gasteiger partial charge is 0.348 e. The molecule has 0 saturated heterocycles. The van der Waals surface area contributed by atoms with Gasteiger partial charge in [0.15, 0.2) is 0 Å². The highest BCUT2D eigenvalue weighted by molar-refractivity contribution is 9.10. The Bertz CT molecular complexity index is 1140. The maximum Gasteiger partial charge on any atom is 0.243 e. The summed E-state index contributed by atoms with van der Waals surface area (Å²) in [6.07, 6.45) is 0.497. The van der Waals surface area contributed by atoms with E-state index < -0.39 is 10.0 Å². The summed E-state index contributed by atoms with van der Waals surface area (Å²) >= 11 is 9.25. The minimum atomic E-state index is -3.85. The molecule has 1 N–H and O–H groups in total. The third-order valence-electron chi connectivity index (χ3n) is 5.01. The molecule has 8 heteroatoms. The number of benzene rings is 3. The lowest BCUT2D eigenvalue weighted by Gasteiger charge is -2.23. The Morgan fingerprint density at radius 3 is 2.25 bits per heavy atom. The highest BCUT2D eigenvalue weighted by atomic mass is 79.9. The molecule has 5 nitrogen and oxygen atoms in total. The van der Waals surface area contributed by atoms with Gasteiger partial charge in [0.1, 0.15) is 0 Å². The van der Waals surface area contributed by atoms with Crippen molar-refractivity contribution in [1.29, 1.82) is 0 Å². The van der Waals surface area contributed by atoms with Crippen molar-refractivity contribution in [3.8, 4) is 0 Å². The van der Waals surface area contributed by atoms with Crippen molar-refractivity contribution in [2.45, 2.75) is 24.3 Å². The van der Waals surface area contributed by atoms with Crippen molar-refractivity contribution in [3.05, 3.63) is 99.5 Å². The molecule has 168 valence electrons. The van der Waals surface area contributed by atoms with Gasteiger partial charge < -0.3 is 5.32 Å². The highest BCUT2D eigenvalue weighted by Gasteiger charge is 2.27. The molecule has 3 rings (SSSR count). The number of carbonyl (C=O) groups excluding carboxylic acids is 1. The zero-order valence-electron chi connectivity index (χ0n) is 17.5. The third-order valence-corrected chi connectivity index (χ3v) is 7.65. The summed E-state index contributed by atoms with van der Waals surface area (Å²) in [7, 11) is -3.85. The number of nitrogens with zero attached hydrogens (tertiary/aromatic N) is 1. The maximum absolute atomic E-state index is 13.3. The lowest BCUT2D eigenvalue weighted by Crippen LogP contribution is -2.42. The molecule has 0 aromatic heterocycles. The number of rotatable bonds is 9. The van der Waals surface area contributed by atoms with Gasteiger partial charge >= 0.3 is 0 Å². The topological polar surface area (TPSA) is 66.5 Å². The average Bonchev–Trinajstić information content (AvgIpc) is 2.78. The summed E-state index contributed by atoms with van der Waals surface area (Å²) in [5.41, 5.74) is 1.88. The van der Waals surface area contributed by atoms with Crippen LogP contribution in [-0.4, -0.2) is 31.7 Å². The molecule has 0 bridgehead atoms. The molecule has 0 aliphatic rings. The van der Waals surface area contributed by atoms with Crippen LogP contribution >= 0.6 is 27.5 Å². The fraction of sp³-hybridized carbons (Fsp3) is 0.208. The van der Waals surface area contributed by atoms with Crippen LogP contribution in [0.25, 0.3) is 0 Å². The predicted octanol–water partition coefficient (Wildman–Crippen LogP) is 5.21. The fourth-order valence-corrected chi connectivity index (χ4v) is 5.01. The van der Waals surface area contributed by atoms with E-state index in [1.54, 1.807) is 24.3 Å². The lowest BCUT2D eigenvalue weighted by atomic mass is 10.1. The van der Waals surface area contributed by atoms with E-state index in [-0.39, 0.29) is 29.9 Å². The maximum atomic E-state index is 13.3. The van der Waals surface area contributed by atoms with Gasteiger partial charge in [0.2, 0.25) is 15.9 Å². The number of hydrogen-bond donors (Lipinski definition) is 1. The van der Waals surface area contributed by atoms with E-state index in [2.05, 4.69) is 21.2 Å². The summed E-state index contributed by atoms with van der Waals surface area (Å²) in [6, 6.07) is 22.9. The SMILES string of the molecule is C[C@@H](NC(=O)CN(CCc1ccccc1)S(=O)(=O)c1ccc(Br)cc1)c1ccc(Cl)cc1. The number of amides is 1. The first-order valence-corrected chi connectivity index (χ1v) is 12.7. The molecule has 0 saturated carbocycles. The van der Waals surface area contributed by atoms with Crippen molar-refractivity contribution < 1.29 is 13.2 Å². The Hall–Kier alpha value is -2.19. The molecule has 32 heavy (non-hydrogen) atoms. The van der Waals surface area contributed by atoms with Crippen molar-refractivity contribution in [2.75, 3.05) is 13.1 Å². The van der Waals surface area contributed by atoms with Gasteiger partial charge in [0.05, 0.1) is 17.5 Å². The minimum absolute atomic E-state index is 0.146. The van der Waals surface area contributed by atoms with E-state index in [1.807, 2.05) is 49.4 Å². The Morgan fingerprint density at radius 1 is 1.00 bits per heavy atom. The monoisotopic (exact) mass is 534 g/mol. The third kappa shape index (κ3) is 6.65. The van der Waals surface area contributed by atoms with E-state index in [1.165, 1.54) is 16.4 Å². The van der Waals surface area contributed by atoms with Gasteiger partial charge in [-0.2, -0.15) is 4.31 Å². The average molecular weight is 536 g/mol. The van der Waals surface area contributed by atoms with E-state index in [0.717, 1.165) is 15.6 Å². The fourth-order valence-electron chi connectivity index (χ4n) is 3.22. The molecular weight excluding hydrogens is 512 g/mol. The zero-order chi connectivity index (χ0) is 23.1. The number of sulfonamides is 1. The van der Waals surface area contributed by atoms with Gasteiger partial charge in [0, 0.05) is 16.0 Å². The highest BCUT2D eigenvalue weighted by Crippen LogP contribution is 2.20. The second-order valence-corrected chi connectivity index (χ2v) is 10.7. The van der Waals surface area contributed by atoms with Crippen LogP contribution in [-0.2, 0) is 21.2 Å². The Labute approximate surface area is 202 Å². The van der Waals surface area contributed by atoms with Crippen LogP contribution in [0.4, 0.5) is 0 Å². The predicted molar refractivity (Wildman–Crippen MR) is 131 cm³/mol. The Kier molecular flexibility index (Phi) is 8.48. The normalized spacial score (nSPS) is 12.5. The van der Waals surface area contributed by atoms with E-state index in [9.17, 15) is 13.2 Å². The Morgan fingerprint density at radius 2 is 1.62 bits per heavy atom. The zero-order valence-corrected chi connectivity index (χ0v) is 20.7. The molecule has 0 aliphatic heterocycles. The number of hydrogen-bond acceptors (Lipinski definition) is 3. The molecule has 0 fully saturated rings. The van der Waals surface area contributed by atoms with Gasteiger partial charge in [-0.3, -0.25) is 4.79 Å². The standard InChI is InChI=1S/C24H24BrClN2O3S/c1-18(20-7-11-22(26)12-8-20)27-24(29)17-28(16-15-19-5-3-2-4-6-19)32(30,31)23-13-9-21(25)10-14-23/h2-14,18H,15-17H2,1H3,(H,27,29)/t18-/m1/s1. The summed E-state index contributed by atoms with van der Waals surface area (Å²) in [5.74, 6) is -0.374. The van der Waals surface area contributed by atoms with Crippen molar-refractivity contribution in [2.24, 2.45) is 0 Å². The second-order valence-electron chi connectivity index (χ2n) is 7.37. The van der Waals surface area contributed by atoms with Crippen LogP contribution in [0.2, 0.25) is 5.02 Å². The van der Waals surface area contributed by atoms with Crippen LogP contribution in [0, 0.1) is 0 Å². The molecule has 0 aliphatic carbocycles. The van der Waals surface area contributed by atoms with Crippen LogP contribution in [0.5, 0.6) is 0 Å². The summed E-state index contributed by atoms with van der Waals surface area (Å²) < 4.78 is 28.6. The van der Waals surface area contributed by atoms with Gasteiger partial charge in [-0.25, -0.2) is 8.42 Å². The van der Waals surface area contributed by atoms with Gasteiger partial charge in [-0.1, -0.05) is 70.0 Å². The summed E-state index contributed by atoms with van der Waals surface area (Å²) in [4.78, 5) is 12.9. The van der Waals surface area contributed by atoms with Crippen molar-refractivity contribution in [1.82, 2.24) is 9.62 Å². The van der Waals surface area contributed by atoms with Crippen LogP contribution in [0.15, 0.2) is 88.2 Å². The summed E-state index contributed by atoms with van der Waals surface area (Å²) in [5, 5.41) is 3.49. The van der Waals surface area contributed by atoms with Crippen molar-refractivity contribution in [3.63, 3.8) is 0 Å². The first-order chi connectivity index (χ1) is 15.3. The molecule has 0 unspecified atom stereocenters. The molecule has 0 spiro atoms. The molecule has 3 aromatic carbocycles. The first kappa shape index (κ1) is 24.5. The van der Waals surface area contributed by atoms with Crippen molar-refractivity contribution >= 4 is 43.5 Å². The molecule has 1 amide bonds. The molecule has 0 heterocycles. The van der Waals surface area contributed by atoms with E-state index in [0.29, 0.717) is 11.4 Å². The van der Waals surface area contributed by atoms with Gasteiger partial charge in [0.25, 0.3) is 0 Å². The Balaban J connectivity index is 1.77. The molecular formula is C24H24BrClN2O3S. The van der Waals surface area contributed by atoms with Gasteiger partial charge in [-0.05, 0) is 60.9 Å².